The van der Waals surface area contributed by atoms with Crippen molar-refractivity contribution in [1.82, 2.24) is 19.9 Å². The summed E-state index contributed by atoms with van der Waals surface area (Å²) in [5.74, 6) is 0.562. The lowest BCUT2D eigenvalue weighted by atomic mass is 9.93. The third kappa shape index (κ3) is 6.03. The Kier molecular flexibility index (Phi) is 7.12. The molecule has 1 amide bonds. The summed E-state index contributed by atoms with van der Waals surface area (Å²) in [4.78, 5) is 30.0. The third-order valence-corrected chi connectivity index (χ3v) is 5.90. The number of pyridine rings is 1. The van der Waals surface area contributed by atoms with Gasteiger partial charge in [0.15, 0.2) is 0 Å². The molecule has 1 aromatic carbocycles. The molecule has 1 saturated heterocycles. The molecule has 2 aromatic heterocycles. The summed E-state index contributed by atoms with van der Waals surface area (Å²) in [5.41, 5.74) is 3.54. The molecular weight excluding hydrogens is 419 g/mol. The third-order valence-electron chi connectivity index (χ3n) is 5.90. The second kappa shape index (κ2) is 10.4. The molecule has 0 radical (unpaired) electrons. The molecule has 1 fully saturated rings. The average Bonchev–Trinajstić information content (AvgIpc) is 2.82. The molecule has 8 heteroatoms. The van der Waals surface area contributed by atoms with Gasteiger partial charge in [0.25, 0.3) is 0 Å². The number of carbonyl (C=O) groups excluding carboxylic acids is 1. The number of rotatable bonds is 7. The number of nitrogens with zero attached hydrogens (tertiary/aromatic N) is 5. The van der Waals surface area contributed by atoms with Crippen molar-refractivity contribution in [3.8, 4) is 0 Å². The highest BCUT2D eigenvalue weighted by Gasteiger charge is 2.26. The lowest BCUT2D eigenvalue weighted by molar-refractivity contribution is -0.132. The average molecular weight is 449 g/mol. The summed E-state index contributed by atoms with van der Waals surface area (Å²) >= 11 is 0. The normalized spacial score (nSPS) is 15.8. The first-order valence-corrected chi connectivity index (χ1v) is 11.2. The number of hydrogen-bond donors (Lipinski definition) is 1. The molecular formula is C25H29FN6O. The van der Waals surface area contributed by atoms with E-state index in [-0.39, 0.29) is 17.6 Å². The largest absolute Gasteiger partial charge is 0.374 e. The second-order valence-corrected chi connectivity index (χ2v) is 8.45. The number of likely N-dealkylation sites (tertiary alicyclic amines) is 1. The molecule has 1 aliphatic heterocycles. The molecule has 33 heavy (non-hydrogen) atoms. The number of hydrogen-bond acceptors (Lipinski definition) is 6. The van der Waals surface area contributed by atoms with Crippen molar-refractivity contribution >= 4 is 23.2 Å². The van der Waals surface area contributed by atoms with Gasteiger partial charge in [0.05, 0.1) is 0 Å². The number of carbonyl (C=O) groups is 1. The Balaban J connectivity index is 1.38. The van der Waals surface area contributed by atoms with Gasteiger partial charge in [0.2, 0.25) is 11.9 Å². The molecule has 3 heterocycles. The Morgan fingerprint density at radius 2 is 2.03 bits per heavy atom. The maximum Gasteiger partial charge on any atom is 0.227 e. The Morgan fingerprint density at radius 1 is 1.21 bits per heavy atom. The van der Waals surface area contributed by atoms with Gasteiger partial charge in [-0.3, -0.25) is 9.78 Å². The maximum atomic E-state index is 13.5. The zero-order chi connectivity index (χ0) is 23.2. The van der Waals surface area contributed by atoms with Crippen molar-refractivity contribution in [2.75, 3.05) is 36.9 Å². The first-order chi connectivity index (χ1) is 16.0. The van der Waals surface area contributed by atoms with Crippen LogP contribution in [-0.4, -0.2) is 52.4 Å². The standard InChI is InChI=1S/C25H29FN6O/c1-18-14-21(30-25-27-10-5-11-28-25)16-23(29-18)19-6-4-12-32(17-19)24(33)9-13-31(2)22-8-3-7-20(26)15-22/h3,5,7-8,10-11,14-16,19H,4,6,9,12-13,17H2,1-2H3,(H,27,28,29,30)/t19-/m1/s1. The number of piperidine rings is 1. The van der Waals surface area contributed by atoms with E-state index in [9.17, 15) is 9.18 Å². The maximum absolute atomic E-state index is 13.5. The van der Waals surface area contributed by atoms with Gasteiger partial charge in [-0.05, 0) is 56.2 Å². The highest BCUT2D eigenvalue weighted by molar-refractivity contribution is 5.77. The molecule has 0 bridgehead atoms. The second-order valence-electron chi connectivity index (χ2n) is 8.45. The molecule has 1 aliphatic rings. The van der Waals surface area contributed by atoms with Crippen LogP contribution in [0.15, 0.2) is 54.9 Å². The summed E-state index contributed by atoms with van der Waals surface area (Å²) in [6.07, 6.45) is 5.71. The van der Waals surface area contributed by atoms with E-state index in [4.69, 9.17) is 4.98 Å². The van der Waals surface area contributed by atoms with E-state index < -0.39 is 0 Å². The first-order valence-electron chi connectivity index (χ1n) is 11.2. The molecule has 4 rings (SSSR count). The predicted molar refractivity (Wildman–Crippen MR) is 127 cm³/mol. The van der Waals surface area contributed by atoms with E-state index in [2.05, 4.69) is 15.3 Å². The molecule has 3 aromatic rings. The Labute approximate surface area is 193 Å². The fraction of sp³-hybridized carbons (Fsp3) is 0.360. The number of nitrogens with one attached hydrogen (secondary N) is 1. The van der Waals surface area contributed by atoms with Crippen molar-refractivity contribution in [3.63, 3.8) is 0 Å². The van der Waals surface area contributed by atoms with Gasteiger partial charge >= 0.3 is 0 Å². The van der Waals surface area contributed by atoms with E-state index in [1.165, 1.54) is 12.1 Å². The summed E-state index contributed by atoms with van der Waals surface area (Å²) < 4.78 is 13.5. The fourth-order valence-corrected chi connectivity index (χ4v) is 4.18. The van der Waals surface area contributed by atoms with E-state index >= 15 is 0 Å². The topological polar surface area (TPSA) is 74.2 Å². The van der Waals surface area contributed by atoms with E-state index in [1.807, 2.05) is 42.0 Å². The molecule has 7 nitrogen and oxygen atoms in total. The van der Waals surface area contributed by atoms with Gasteiger partial charge in [0, 0.05) is 74.2 Å². The summed E-state index contributed by atoms with van der Waals surface area (Å²) in [7, 11) is 1.88. The van der Waals surface area contributed by atoms with Crippen LogP contribution in [0.1, 0.15) is 36.6 Å². The highest BCUT2D eigenvalue weighted by Crippen LogP contribution is 2.29. The summed E-state index contributed by atoms with van der Waals surface area (Å²) in [5, 5.41) is 3.24. The van der Waals surface area contributed by atoms with Crippen molar-refractivity contribution in [3.05, 3.63) is 72.1 Å². The van der Waals surface area contributed by atoms with Crippen molar-refractivity contribution in [2.24, 2.45) is 0 Å². The minimum Gasteiger partial charge on any atom is -0.374 e. The van der Waals surface area contributed by atoms with Crippen LogP contribution in [0, 0.1) is 12.7 Å². The van der Waals surface area contributed by atoms with E-state index in [0.29, 0.717) is 25.5 Å². The Hall–Kier alpha value is -3.55. The Morgan fingerprint density at radius 3 is 2.82 bits per heavy atom. The molecule has 1 atom stereocenters. The summed E-state index contributed by atoms with van der Waals surface area (Å²) in [6, 6.07) is 12.2. The van der Waals surface area contributed by atoms with Gasteiger partial charge in [-0.15, -0.1) is 0 Å². The minimum atomic E-state index is -0.275. The van der Waals surface area contributed by atoms with Gasteiger partial charge in [-0.2, -0.15) is 0 Å². The number of aromatic nitrogens is 3. The van der Waals surface area contributed by atoms with Crippen LogP contribution in [0.2, 0.25) is 0 Å². The van der Waals surface area contributed by atoms with E-state index in [1.54, 1.807) is 24.5 Å². The molecule has 0 aliphatic carbocycles. The Bertz CT molecular complexity index is 1090. The smallest absolute Gasteiger partial charge is 0.227 e. The lowest BCUT2D eigenvalue weighted by Gasteiger charge is -2.33. The first kappa shape index (κ1) is 22.6. The van der Waals surface area contributed by atoms with E-state index in [0.717, 1.165) is 42.1 Å². The fourth-order valence-electron chi connectivity index (χ4n) is 4.18. The quantitative estimate of drug-likeness (QED) is 0.581. The predicted octanol–water partition coefficient (Wildman–Crippen LogP) is 4.30. The number of halogens is 1. The molecule has 0 saturated carbocycles. The lowest BCUT2D eigenvalue weighted by Crippen LogP contribution is -2.40. The zero-order valence-corrected chi connectivity index (χ0v) is 19.0. The van der Waals surface area contributed by atoms with Gasteiger partial charge in [-0.25, -0.2) is 14.4 Å². The minimum absolute atomic E-state index is 0.117. The SMILES string of the molecule is Cc1cc(Nc2ncccn2)cc([C@@H]2CCCN(C(=O)CCN(C)c3cccc(F)c3)C2)n1. The number of benzene rings is 1. The monoisotopic (exact) mass is 448 g/mol. The van der Waals surface area contributed by atoms with Crippen molar-refractivity contribution in [2.45, 2.75) is 32.1 Å². The van der Waals surface area contributed by atoms with Crippen LogP contribution in [0.5, 0.6) is 0 Å². The van der Waals surface area contributed by atoms with Gasteiger partial charge in [-0.1, -0.05) is 6.07 Å². The number of amides is 1. The molecule has 0 spiro atoms. The van der Waals surface area contributed by atoms with Crippen molar-refractivity contribution < 1.29 is 9.18 Å². The molecule has 0 unspecified atom stereocenters. The van der Waals surface area contributed by atoms with Crippen LogP contribution < -0.4 is 10.2 Å². The summed E-state index contributed by atoms with van der Waals surface area (Å²) in [6.45, 7) is 3.92. The molecule has 1 N–H and O–H groups in total. The van der Waals surface area contributed by atoms with Crippen LogP contribution in [-0.2, 0) is 4.79 Å². The zero-order valence-electron chi connectivity index (χ0n) is 19.0. The molecule has 172 valence electrons. The van der Waals surface area contributed by atoms with Crippen LogP contribution in [0.3, 0.4) is 0 Å². The van der Waals surface area contributed by atoms with Gasteiger partial charge < -0.3 is 15.1 Å². The van der Waals surface area contributed by atoms with Gasteiger partial charge in [0.1, 0.15) is 5.82 Å². The highest BCUT2D eigenvalue weighted by atomic mass is 19.1. The number of anilines is 3. The van der Waals surface area contributed by atoms with Crippen LogP contribution >= 0.6 is 0 Å². The van der Waals surface area contributed by atoms with Crippen molar-refractivity contribution in [1.29, 1.82) is 0 Å². The van der Waals surface area contributed by atoms with Crippen LogP contribution in [0.4, 0.5) is 21.7 Å². The number of aryl methyl sites for hydroxylation is 1. The van der Waals surface area contributed by atoms with Crippen LogP contribution in [0.25, 0.3) is 0 Å².